The van der Waals surface area contributed by atoms with Gasteiger partial charge in [0.25, 0.3) is 0 Å². The molecule has 14 heavy (non-hydrogen) atoms. The van der Waals surface area contributed by atoms with E-state index >= 15 is 0 Å². The first kappa shape index (κ1) is 8.55. The van der Waals surface area contributed by atoms with Crippen LogP contribution in [0.2, 0.25) is 0 Å². The number of aryl methyl sites for hydroxylation is 1. The largest absolute Gasteiger partial charge is 0.454 e. The Kier molecular flexibility index (Phi) is 2.06. The maximum absolute atomic E-state index is 5.51. The molecule has 0 bridgehead atoms. The van der Waals surface area contributed by atoms with Crippen molar-refractivity contribution in [1.29, 1.82) is 0 Å². The van der Waals surface area contributed by atoms with Crippen molar-refractivity contribution in [2.75, 3.05) is 5.73 Å². The van der Waals surface area contributed by atoms with Gasteiger partial charge in [0.1, 0.15) is 11.6 Å². The van der Waals surface area contributed by atoms with Crippen LogP contribution < -0.4 is 10.5 Å². The maximum atomic E-state index is 5.51. The van der Waals surface area contributed by atoms with Crippen molar-refractivity contribution < 1.29 is 4.74 Å². The van der Waals surface area contributed by atoms with Crippen LogP contribution in [0.1, 0.15) is 0 Å². The number of aromatic nitrogens is 3. The van der Waals surface area contributed by atoms with Crippen LogP contribution in [0.25, 0.3) is 0 Å². The first-order chi connectivity index (χ1) is 6.74. The number of hydrogen-bond donors (Lipinski definition) is 1. The van der Waals surface area contributed by atoms with Crippen LogP contribution in [0.3, 0.4) is 0 Å². The minimum absolute atomic E-state index is 0.436. The highest BCUT2D eigenvalue weighted by molar-refractivity contribution is 5.37. The summed E-state index contributed by atoms with van der Waals surface area (Å²) in [5, 5.41) is 3.98. The van der Waals surface area contributed by atoms with E-state index in [0.29, 0.717) is 17.3 Å². The minimum atomic E-state index is 0.436. The van der Waals surface area contributed by atoms with Crippen LogP contribution in [0.15, 0.2) is 30.7 Å². The zero-order valence-electron chi connectivity index (χ0n) is 7.71. The van der Waals surface area contributed by atoms with Crippen molar-refractivity contribution in [3.63, 3.8) is 0 Å². The lowest BCUT2D eigenvalue weighted by Gasteiger charge is -2.01. The van der Waals surface area contributed by atoms with Gasteiger partial charge in [0.2, 0.25) is 0 Å². The van der Waals surface area contributed by atoms with Gasteiger partial charge in [0.05, 0.1) is 12.4 Å². The fourth-order valence-electron chi connectivity index (χ4n) is 1.08. The van der Waals surface area contributed by atoms with Gasteiger partial charge in [-0.25, -0.2) is 4.98 Å². The van der Waals surface area contributed by atoms with E-state index in [2.05, 4.69) is 10.1 Å². The molecule has 0 fully saturated rings. The van der Waals surface area contributed by atoms with Crippen molar-refractivity contribution in [3.05, 3.63) is 30.7 Å². The number of ether oxygens (including phenoxy) is 1. The third-order valence-electron chi connectivity index (χ3n) is 1.67. The van der Waals surface area contributed by atoms with Crippen LogP contribution >= 0.6 is 0 Å². The lowest BCUT2D eigenvalue weighted by atomic mass is 10.4. The Hall–Kier alpha value is -2.04. The van der Waals surface area contributed by atoms with E-state index in [9.17, 15) is 0 Å². The summed E-state index contributed by atoms with van der Waals surface area (Å²) in [5.74, 6) is 1.77. The van der Waals surface area contributed by atoms with Gasteiger partial charge in [-0.3, -0.25) is 4.68 Å². The Bertz CT molecular complexity index is 438. The number of pyridine rings is 1. The van der Waals surface area contributed by atoms with Gasteiger partial charge in [-0.15, -0.1) is 0 Å². The van der Waals surface area contributed by atoms with E-state index in [1.165, 1.54) is 0 Å². The molecule has 0 aliphatic heterocycles. The summed E-state index contributed by atoms with van der Waals surface area (Å²) in [4.78, 5) is 3.86. The lowest BCUT2D eigenvalue weighted by Crippen LogP contribution is -1.90. The Balaban J connectivity index is 2.18. The number of rotatable bonds is 2. The minimum Gasteiger partial charge on any atom is -0.454 e. The second-order valence-corrected chi connectivity index (χ2v) is 2.87. The molecule has 0 amide bonds. The maximum Gasteiger partial charge on any atom is 0.165 e. The quantitative estimate of drug-likeness (QED) is 0.772. The van der Waals surface area contributed by atoms with E-state index in [0.717, 1.165) is 0 Å². The Morgan fingerprint density at radius 3 is 2.93 bits per heavy atom. The molecule has 2 N–H and O–H groups in total. The molecule has 2 aromatic heterocycles. The molecule has 0 saturated heterocycles. The number of nitrogen functional groups attached to an aromatic ring is 1. The van der Waals surface area contributed by atoms with Crippen LogP contribution in [0.5, 0.6) is 11.5 Å². The van der Waals surface area contributed by atoms with Crippen LogP contribution in [-0.4, -0.2) is 14.8 Å². The molecule has 0 spiro atoms. The van der Waals surface area contributed by atoms with Crippen LogP contribution in [0.4, 0.5) is 5.82 Å². The highest BCUT2D eigenvalue weighted by atomic mass is 16.5. The van der Waals surface area contributed by atoms with Gasteiger partial charge in [-0.2, -0.15) is 5.10 Å². The fraction of sp³-hybridized carbons (Fsp3) is 0.111. The molecule has 72 valence electrons. The summed E-state index contributed by atoms with van der Waals surface area (Å²) in [6, 6.07) is 3.40. The number of nitrogens with two attached hydrogens (primary N) is 1. The Morgan fingerprint density at radius 1 is 1.43 bits per heavy atom. The van der Waals surface area contributed by atoms with Crippen molar-refractivity contribution >= 4 is 5.82 Å². The monoisotopic (exact) mass is 190 g/mol. The summed E-state index contributed by atoms with van der Waals surface area (Å²) in [6.45, 7) is 0. The molecular weight excluding hydrogens is 180 g/mol. The summed E-state index contributed by atoms with van der Waals surface area (Å²) in [6.07, 6.45) is 5.01. The molecule has 2 rings (SSSR count). The highest BCUT2D eigenvalue weighted by Crippen LogP contribution is 2.20. The molecule has 0 aromatic carbocycles. The SMILES string of the molecule is Cn1cc(Oc2ccnc(N)c2)cn1. The van der Waals surface area contributed by atoms with Gasteiger partial charge in [-0.1, -0.05) is 0 Å². The third kappa shape index (κ3) is 1.82. The van der Waals surface area contributed by atoms with E-state index in [1.807, 2.05) is 7.05 Å². The molecule has 0 aliphatic rings. The molecule has 0 radical (unpaired) electrons. The zero-order chi connectivity index (χ0) is 9.97. The van der Waals surface area contributed by atoms with E-state index in [4.69, 9.17) is 10.5 Å². The first-order valence-electron chi connectivity index (χ1n) is 4.12. The van der Waals surface area contributed by atoms with Gasteiger partial charge < -0.3 is 10.5 Å². The van der Waals surface area contributed by atoms with Gasteiger partial charge in [-0.05, 0) is 6.07 Å². The molecule has 2 aromatic rings. The molecule has 5 nitrogen and oxygen atoms in total. The summed E-state index contributed by atoms with van der Waals surface area (Å²) in [5.41, 5.74) is 5.51. The molecule has 0 aliphatic carbocycles. The molecule has 2 heterocycles. The molecule has 0 saturated carbocycles. The average Bonchev–Trinajstić information content (AvgIpc) is 2.51. The Labute approximate surface area is 81.1 Å². The average molecular weight is 190 g/mol. The predicted molar refractivity (Wildman–Crippen MR) is 51.9 cm³/mol. The predicted octanol–water partition coefficient (Wildman–Crippen LogP) is 1.19. The molecule has 0 unspecified atom stereocenters. The van der Waals surface area contributed by atoms with Crippen LogP contribution in [-0.2, 0) is 7.05 Å². The molecule has 0 atom stereocenters. The van der Waals surface area contributed by atoms with E-state index in [-0.39, 0.29) is 0 Å². The second kappa shape index (κ2) is 3.37. The van der Waals surface area contributed by atoms with Crippen molar-refractivity contribution in [1.82, 2.24) is 14.8 Å². The first-order valence-corrected chi connectivity index (χ1v) is 4.12. The molecular formula is C9H10N4O. The number of nitrogens with zero attached hydrogens (tertiary/aromatic N) is 3. The number of hydrogen-bond acceptors (Lipinski definition) is 4. The fourth-order valence-corrected chi connectivity index (χ4v) is 1.08. The summed E-state index contributed by atoms with van der Waals surface area (Å²) in [7, 11) is 1.83. The Morgan fingerprint density at radius 2 is 2.29 bits per heavy atom. The summed E-state index contributed by atoms with van der Waals surface area (Å²) >= 11 is 0. The van der Waals surface area contributed by atoms with Crippen molar-refractivity contribution in [2.24, 2.45) is 7.05 Å². The summed E-state index contributed by atoms with van der Waals surface area (Å²) < 4.78 is 7.14. The molecule has 5 heteroatoms. The second-order valence-electron chi connectivity index (χ2n) is 2.87. The third-order valence-corrected chi connectivity index (χ3v) is 1.67. The van der Waals surface area contributed by atoms with Gasteiger partial charge in [0.15, 0.2) is 5.75 Å². The van der Waals surface area contributed by atoms with Gasteiger partial charge in [0, 0.05) is 19.3 Å². The highest BCUT2D eigenvalue weighted by Gasteiger charge is 1.99. The smallest absolute Gasteiger partial charge is 0.165 e. The standard InChI is InChI=1S/C9H10N4O/c1-13-6-8(5-12-13)14-7-2-3-11-9(10)4-7/h2-6H,1H3,(H2,10,11). The van der Waals surface area contributed by atoms with E-state index < -0.39 is 0 Å². The normalized spacial score (nSPS) is 10.1. The van der Waals surface area contributed by atoms with Gasteiger partial charge >= 0.3 is 0 Å². The lowest BCUT2D eigenvalue weighted by molar-refractivity contribution is 0.481. The van der Waals surface area contributed by atoms with Crippen molar-refractivity contribution in [2.45, 2.75) is 0 Å². The van der Waals surface area contributed by atoms with Crippen molar-refractivity contribution in [3.8, 4) is 11.5 Å². The van der Waals surface area contributed by atoms with E-state index in [1.54, 1.807) is 35.4 Å². The topological polar surface area (TPSA) is 66.0 Å². The zero-order valence-corrected chi connectivity index (χ0v) is 7.71. The number of anilines is 1. The van der Waals surface area contributed by atoms with Crippen LogP contribution in [0, 0.1) is 0 Å².